The first-order valence-electron chi connectivity index (χ1n) is 11.2. The summed E-state index contributed by atoms with van der Waals surface area (Å²) >= 11 is 1.35. The molecule has 35 heavy (non-hydrogen) atoms. The summed E-state index contributed by atoms with van der Waals surface area (Å²) in [6.07, 6.45) is 0. The lowest BCUT2D eigenvalue weighted by Crippen LogP contribution is -2.33. The van der Waals surface area contributed by atoms with Crippen LogP contribution < -0.4 is 16.0 Å². The highest BCUT2D eigenvalue weighted by molar-refractivity contribution is 7.22. The van der Waals surface area contributed by atoms with Crippen LogP contribution in [0.25, 0.3) is 37.1 Å². The topological polar surface area (TPSA) is 64.1 Å². The second-order valence-electron chi connectivity index (χ2n) is 8.19. The molecule has 0 amide bonds. The van der Waals surface area contributed by atoms with Crippen molar-refractivity contribution in [1.29, 1.82) is 0 Å². The molecule has 4 aromatic carbocycles. The summed E-state index contributed by atoms with van der Waals surface area (Å²) in [6, 6.07) is 32.9. The molecule has 0 aliphatic carbocycles. The van der Waals surface area contributed by atoms with Crippen molar-refractivity contribution in [3.05, 3.63) is 130 Å². The molecule has 0 fully saturated rings. The molecular weight excluding hydrogens is 456 g/mol. The van der Waals surface area contributed by atoms with Crippen LogP contribution in [-0.2, 0) is 6.61 Å². The second-order valence-corrected chi connectivity index (χ2v) is 9.25. The zero-order chi connectivity index (χ0) is 23.8. The molecule has 0 saturated carbocycles. The molecule has 6 heteroatoms. The molecule has 6 rings (SSSR count). The average molecular weight is 477 g/mol. The van der Waals surface area contributed by atoms with Gasteiger partial charge in [0.1, 0.15) is 17.1 Å². The van der Waals surface area contributed by atoms with E-state index in [-0.39, 0.29) is 5.56 Å². The number of thiophene rings is 1. The van der Waals surface area contributed by atoms with E-state index in [9.17, 15) is 9.59 Å². The predicted molar refractivity (Wildman–Crippen MR) is 142 cm³/mol. The van der Waals surface area contributed by atoms with Crippen LogP contribution in [0.2, 0.25) is 0 Å². The van der Waals surface area contributed by atoms with E-state index in [0.29, 0.717) is 22.5 Å². The van der Waals surface area contributed by atoms with Gasteiger partial charge in [-0.15, -0.1) is 11.3 Å². The van der Waals surface area contributed by atoms with E-state index in [0.717, 1.165) is 32.5 Å². The maximum absolute atomic E-state index is 13.6. The Morgan fingerprint density at radius 1 is 0.800 bits per heavy atom. The molecule has 5 nitrogen and oxygen atoms in total. The smallest absolute Gasteiger partial charge is 0.333 e. The van der Waals surface area contributed by atoms with Gasteiger partial charge < -0.3 is 9.72 Å². The summed E-state index contributed by atoms with van der Waals surface area (Å²) in [7, 11) is 0. The van der Waals surface area contributed by atoms with Crippen molar-refractivity contribution < 1.29 is 4.74 Å². The highest BCUT2D eigenvalue weighted by Crippen LogP contribution is 2.37. The van der Waals surface area contributed by atoms with Crippen molar-refractivity contribution >= 4 is 32.3 Å². The van der Waals surface area contributed by atoms with Gasteiger partial charge in [0.25, 0.3) is 5.56 Å². The number of rotatable bonds is 5. The maximum Gasteiger partial charge on any atom is 0.333 e. The molecule has 2 heterocycles. The zero-order valence-electron chi connectivity index (χ0n) is 18.6. The first-order chi connectivity index (χ1) is 17.2. The van der Waals surface area contributed by atoms with Crippen molar-refractivity contribution in [3.8, 4) is 21.9 Å². The van der Waals surface area contributed by atoms with Gasteiger partial charge in [0.2, 0.25) is 0 Å². The zero-order valence-corrected chi connectivity index (χ0v) is 19.4. The molecule has 170 valence electrons. The Balaban J connectivity index is 1.46. The maximum atomic E-state index is 13.6. The molecular formula is C29H20N2O3S. The normalized spacial score (nSPS) is 11.2. The summed E-state index contributed by atoms with van der Waals surface area (Å²) in [5.74, 6) is 0.722. The Kier molecular flexibility index (Phi) is 5.28. The van der Waals surface area contributed by atoms with Crippen molar-refractivity contribution in [3.63, 3.8) is 0 Å². The van der Waals surface area contributed by atoms with Crippen LogP contribution in [0.5, 0.6) is 5.75 Å². The summed E-state index contributed by atoms with van der Waals surface area (Å²) in [5, 5.41) is 1.81. The molecule has 0 aliphatic rings. The lowest BCUT2D eigenvalue weighted by Gasteiger charge is -2.10. The van der Waals surface area contributed by atoms with Crippen LogP contribution in [0.1, 0.15) is 5.56 Å². The minimum Gasteiger partial charge on any atom is -0.488 e. The minimum absolute atomic E-state index is 0.334. The molecule has 0 unspecified atom stereocenters. The Bertz CT molecular complexity index is 1790. The van der Waals surface area contributed by atoms with Gasteiger partial charge in [-0.2, -0.15) is 0 Å². The third kappa shape index (κ3) is 3.84. The monoisotopic (exact) mass is 476 g/mol. The average Bonchev–Trinajstić information content (AvgIpc) is 3.32. The Labute approximate surface area is 204 Å². The van der Waals surface area contributed by atoms with E-state index in [1.54, 1.807) is 6.07 Å². The number of para-hydroxylation sites is 1. The molecule has 2 aromatic heterocycles. The number of benzene rings is 4. The third-order valence-electron chi connectivity index (χ3n) is 5.97. The van der Waals surface area contributed by atoms with Crippen LogP contribution in [0, 0.1) is 0 Å². The molecule has 0 aliphatic heterocycles. The van der Waals surface area contributed by atoms with Crippen LogP contribution in [0.3, 0.4) is 0 Å². The lowest BCUT2D eigenvalue weighted by atomic mass is 10.1. The van der Waals surface area contributed by atoms with E-state index >= 15 is 0 Å². The van der Waals surface area contributed by atoms with Gasteiger partial charge in [0.05, 0.1) is 11.2 Å². The number of aromatic nitrogens is 2. The fourth-order valence-corrected chi connectivity index (χ4v) is 5.37. The SMILES string of the molecule is O=c1[nH]c2cc(-c3ccccc3OCc3ccccc3)sc2c(=O)n1-c1cccc2ccccc12. The molecule has 0 bridgehead atoms. The number of hydrogen-bond acceptors (Lipinski definition) is 4. The van der Waals surface area contributed by atoms with Crippen LogP contribution >= 0.6 is 11.3 Å². The van der Waals surface area contributed by atoms with Crippen molar-refractivity contribution in [1.82, 2.24) is 9.55 Å². The van der Waals surface area contributed by atoms with Gasteiger partial charge in [0.15, 0.2) is 0 Å². The molecule has 0 saturated heterocycles. The van der Waals surface area contributed by atoms with E-state index in [4.69, 9.17) is 4.74 Å². The number of nitrogens with one attached hydrogen (secondary N) is 1. The first kappa shape index (κ1) is 21.1. The van der Waals surface area contributed by atoms with E-state index < -0.39 is 5.69 Å². The molecule has 0 radical (unpaired) electrons. The fourth-order valence-electron chi connectivity index (χ4n) is 4.29. The Morgan fingerprint density at radius 2 is 1.54 bits per heavy atom. The predicted octanol–water partition coefficient (Wildman–Crippen LogP) is 6.14. The van der Waals surface area contributed by atoms with E-state index in [2.05, 4.69) is 4.98 Å². The summed E-state index contributed by atoms with van der Waals surface area (Å²) in [4.78, 5) is 30.4. The Morgan fingerprint density at radius 3 is 2.43 bits per heavy atom. The quantitative estimate of drug-likeness (QED) is 0.325. The first-order valence-corrected chi connectivity index (χ1v) is 12.0. The number of ether oxygens (including phenoxy) is 1. The summed E-state index contributed by atoms with van der Waals surface area (Å²) in [6.45, 7) is 0.438. The number of nitrogens with zero attached hydrogens (tertiary/aromatic N) is 1. The largest absolute Gasteiger partial charge is 0.488 e. The van der Waals surface area contributed by atoms with Crippen molar-refractivity contribution in [2.75, 3.05) is 0 Å². The molecule has 6 aromatic rings. The number of H-pyrrole nitrogens is 1. The Hall–Kier alpha value is -4.42. The van der Waals surface area contributed by atoms with Crippen LogP contribution in [0.15, 0.2) is 113 Å². The van der Waals surface area contributed by atoms with Crippen LogP contribution in [-0.4, -0.2) is 9.55 Å². The minimum atomic E-state index is -0.461. The van der Waals surface area contributed by atoms with Gasteiger partial charge >= 0.3 is 5.69 Å². The van der Waals surface area contributed by atoms with Crippen LogP contribution in [0.4, 0.5) is 0 Å². The highest BCUT2D eigenvalue weighted by Gasteiger charge is 2.17. The number of fused-ring (bicyclic) bond motifs is 2. The van der Waals surface area contributed by atoms with Crippen molar-refractivity contribution in [2.24, 2.45) is 0 Å². The standard InChI is InChI=1S/C29H20N2O3S/c32-28-27-23(30-29(33)31(28)24-15-8-12-20-11-4-5-13-21(20)24)17-26(35-27)22-14-6-7-16-25(22)34-18-19-9-2-1-3-10-19/h1-17H,18H2,(H,30,33). The van der Waals surface area contributed by atoms with Crippen molar-refractivity contribution in [2.45, 2.75) is 6.61 Å². The van der Waals surface area contributed by atoms with Gasteiger partial charge in [-0.25, -0.2) is 9.36 Å². The third-order valence-corrected chi connectivity index (χ3v) is 7.13. The summed E-state index contributed by atoms with van der Waals surface area (Å²) < 4.78 is 7.84. The van der Waals surface area contributed by atoms with E-state index in [1.807, 2.05) is 97.1 Å². The fraction of sp³-hybridized carbons (Fsp3) is 0.0345. The number of aromatic amines is 1. The van der Waals surface area contributed by atoms with Gasteiger partial charge in [-0.3, -0.25) is 4.79 Å². The lowest BCUT2D eigenvalue weighted by molar-refractivity contribution is 0.307. The van der Waals surface area contributed by atoms with Gasteiger partial charge in [-0.05, 0) is 35.2 Å². The van der Waals surface area contributed by atoms with Gasteiger partial charge in [0, 0.05) is 15.8 Å². The molecule has 0 atom stereocenters. The highest BCUT2D eigenvalue weighted by atomic mass is 32.1. The molecule has 0 spiro atoms. The van der Waals surface area contributed by atoms with E-state index in [1.165, 1.54) is 15.9 Å². The second kappa shape index (κ2) is 8.74. The van der Waals surface area contributed by atoms with Gasteiger partial charge in [-0.1, -0.05) is 78.9 Å². The summed E-state index contributed by atoms with van der Waals surface area (Å²) in [5.41, 5.74) is 2.24. The molecule has 1 N–H and O–H groups in total. The number of hydrogen-bond donors (Lipinski definition) is 1.